The van der Waals surface area contributed by atoms with Crippen LogP contribution in [0.15, 0.2) is 0 Å². The Balaban J connectivity index is 1.78. The highest BCUT2D eigenvalue weighted by atomic mass is 16.1. The van der Waals surface area contributed by atoms with Crippen LogP contribution in [0.4, 0.5) is 0 Å². The van der Waals surface area contributed by atoms with Crippen LogP contribution in [-0.2, 0) is 4.79 Å². The topological polar surface area (TPSA) is 29.1 Å². The van der Waals surface area contributed by atoms with Crippen LogP contribution in [0, 0.1) is 5.41 Å². The van der Waals surface area contributed by atoms with Crippen LogP contribution in [0.5, 0.6) is 0 Å². The molecule has 1 amide bonds. The van der Waals surface area contributed by atoms with Crippen molar-refractivity contribution in [1.29, 1.82) is 0 Å². The second-order valence-corrected chi connectivity index (χ2v) is 4.47. The Morgan fingerprint density at radius 3 is 2.25 bits per heavy atom. The third-order valence-corrected chi connectivity index (χ3v) is 3.41. The molecule has 0 radical (unpaired) electrons. The molecule has 0 aromatic rings. The van der Waals surface area contributed by atoms with Crippen LogP contribution >= 0.6 is 0 Å². The molecule has 2 aliphatic carbocycles. The molecule has 0 bridgehead atoms. The molecule has 0 aliphatic heterocycles. The first-order valence-corrected chi connectivity index (χ1v) is 4.97. The number of carbonyl (C=O) groups is 1. The molecule has 0 atom stereocenters. The van der Waals surface area contributed by atoms with Gasteiger partial charge in [0.2, 0.25) is 5.91 Å². The highest BCUT2D eigenvalue weighted by Gasteiger charge is 2.44. The van der Waals surface area contributed by atoms with E-state index in [1.807, 2.05) is 0 Å². The van der Waals surface area contributed by atoms with Gasteiger partial charge in [-0.3, -0.25) is 4.79 Å². The number of hydrogen-bond acceptors (Lipinski definition) is 1. The summed E-state index contributed by atoms with van der Waals surface area (Å²) in [5.74, 6) is 0.131. The van der Waals surface area contributed by atoms with Gasteiger partial charge in [0.25, 0.3) is 0 Å². The Bertz CT molecular complexity index is 186. The molecule has 68 valence electrons. The molecule has 2 heteroatoms. The molecule has 2 fully saturated rings. The Labute approximate surface area is 73.7 Å². The second-order valence-electron chi connectivity index (χ2n) is 4.47. The van der Waals surface area contributed by atoms with Crippen molar-refractivity contribution < 1.29 is 4.79 Å². The summed E-state index contributed by atoms with van der Waals surface area (Å²) in [4.78, 5) is 10.8. The third-order valence-electron chi connectivity index (χ3n) is 3.41. The number of carbonyl (C=O) groups excluding carboxylic acids is 1. The summed E-state index contributed by atoms with van der Waals surface area (Å²) < 4.78 is 0. The summed E-state index contributed by atoms with van der Waals surface area (Å²) in [6.45, 7) is 1.61. The number of amides is 1. The smallest absolute Gasteiger partial charge is 0.217 e. The molecule has 0 saturated heterocycles. The van der Waals surface area contributed by atoms with Gasteiger partial charge in [0.05, 0.1) is 0 Å². The molecule has 2 aliphatic rings. The van der Waals surface area contributed by atoms with E-state index in [2.05, 4.69) is 5.32 Å². The van der Waals surface area contributed by atoms with Gasteiger partial charge in [-0.15, -0.1) is 0 Å². The van der Waals surface area contributed by atoms with Crippen molar-refractivity contribution in [2.24, 2.45) is 5.41 Å². The Morgan fingerprint density at radius 1 is 1.25 bits per heavy atom. The molecule has 0 aromatic heterocycles. The molecule has 2 rings (SSSR count). The van der Waals surface area contributed by atoms with Gasteiger partial charge >= 0.3 is 0 Å². The van der Waals surface area contributed by atoms with Gasteiger partial charge in [0, 0.05) is 13.0 Å². The Morgan fingerprint density at radius 2 is 1.83 bits per heavy atom. The van der Waals surface area contributed by atoms with Crippen LogP contribution in [0.3, 0.4) is 0 Å². The highest BCUT2D eigenvalue weighted by Crippen LogP contribution is 2.55. The van der Waals surface area contributed by atoms with Crippen molar-refractivity contribution in [2.45, 2.75) is 51.5 Å². The van der Waals surface area contributed by atoms with Gasteiger partial charge in [-0.1, -0.05) is 0 Å². The Kier molecular flexibility index (Phi) is 1.85. The maximum Gasteiger partial charge on any atom is 0.217 e. The SMILES string of the molecule is CC(=O)NC1CCC2(CC1)CC2. The molecule has 1 N–H and O–H groups in total. The molecule has 0 aromatic carbocycles. The summed E-state index contributed by atoms with van der Waals surface area (Å²) in [5.41, 5.74) is 0.745. The van der Waals surface area contributed by atoms with Gasteiger partial charge in [-0.2, -0.15) is 0 Å². The first-order chi connectivity index (χ1) is 5.70. The van der Waals surface area contributed by atoms with E-state index in [9.17, 15) is 4.79 Å². The summed E-state index contributed by atoms with van der Waals surface area (Å²) >= 11 is 0. The van der Waals surface area contributed by atoms with Crippen molar-refractivity contribution in [3.05, 3.63) is 0 Å². The minimum absolute atomic E-state index is 0.131. The highest BCUT2D eigenvalue weighted by molar-refractivity contribution is 5.73. The summed E-state index contributed by atoms with van der Waals surface area (Å²) in [7, 11) is 0. The average Bonchev–Trinajstić information content (AvgIpc) is 2.75. The minimum atomic E-state index is 0.131. The summed E-state index contributed by atoms with van der Waals surface area (Å²) in [6, 6.07) is 0.480. The summed E-state index contributed by atoms with van der Waals surface area (Å²) in [6.07, 6.45) is 7.99. The minimum Gasteiger partial charge on any atom is -0.354 e. The normalized spacial score (nSPS) is 27.1. The predicted octanol–water partition coefficient (Wildman–Crippen LogP) is 1.85. The van der Waals surface area contributed by atoms with Crippen molar-refractivity contribution >= 4 is 5.91 Å². The van der Waals surface area contributed by atoms with Crippen molar-refractivity contribution in [3.63, 3.8) is 0 Å². The largest absolute Gasteiger partial charge is 0.354 e. The molecule has 1 spiro atoms. The van der Waals surface area contributed by atoms with Gasteiger partial charge in [-0.05, 0) is 43.9 Å². The van der Waals surface area contributed by atoms with E-state index < -0.39 is 0 Å². The lowest BCUT2D eigenvalue weighted by molar-refractivity contribution is -0.119. The fraction of sp³-hybridized carbons (Fsp3) is 0.900. The van der Waals surface area contributed by atoms with Crippen LogP contribution < -0.4 is 5.32 Å². The molecule has 0 heterocycles. The van der Waals surface area contributed by atoms with Crippen LogP contribution in [0.1, 0.15) is 45.4 Å². The summed E-state index contributed by atoms with van der Waals surface area (Å²) in [5, 5.41) is 3.01. The Hall–Kier alpha value is -0.530. The first kappa shape index (κ1) is 8.09. The molecule has 12 heavy (non-hydrogen) atoms. The maximum absolute atomic E-state index is 10.8. The average molecular weight is 167 g/mol. The standard InChI is InChI=1S/C10H17NO/c1-8(12)11-9-2-4-10(5-3-9)6-7-10/h9H,2-7H2,1H3,(H,11,12). The van der Waals surface area contributed by atoms with Gasteiger partial charge in [0.1, 0.15) is 0 Å². The van der Waals surface area contributed by atoms with Crippen LogP contribution in [0.2, 0.25) is 0 Å². The third kappa shape index (κ3) is 1.62. The van der Waals surface area contributed by atoms with E-state index in [0.717, 1.165) is 5.41 Å². The van der Waals surface area contributed by atoms with Crippen molar-refractivity contribution in [2.75, 3.05) is 0 Å². The zero-order valence-corrected chi connectivity index (χ0v) is 7.73. The zero-order valence-electron chi connectivity index (χ0n) is 7.73. The van der Waals surface area contributed by atoms with E-state index >= 15 is 0 Å². The fourth-order valence-corrected chi connectivity index (χ4v) is 2.34. The van der Waals surface area contributed by atoms with E-state index in [0.29, 0.717) is 6.04 Å². The van der Waals surface area contributed by atoms with E-state index in [1.165, 1.54) is 38.5 Å². The number of nitrogens with one attached hydrogen (secondary N) is 1. The van der Waals surface area contributed by atoms with Crippen LogP contribution in [0.25, 0.3) is 0 Å². The first-order valence-electron chi connectivity index (χ1n) is 4.97. The lowest BCUT2D eigenvalue weighted by Crippen LogP contribution is -2.36. The number of hydrogen-bond donors (Lipinski definition) is 1. The van der Waals surface area contributed by atoms with Gasteiger partial charge in [0.15, 0.2) is 0 Å². The van der Waals surface area contributed by atoms with Gasteiger partial charge in [-0.25, -0.2) is 0 Å². The van der Waals surface area contributed by atoms with E-state index in [-0.39, 0.29) is 5.91 Å². The molecular weight excluding hydrogens is 150 g/mol. The molecule has 0 unspecified atom stereocenters. The molecular formula is C10H17NO. The lowest BCUT2D eigenvalue weighted by Gasteiger charge is -2.28. The fourth-order valence-electron chi connectivity index (χ4n) is 2.34. The maximum atomic E-state index is 10.8. The van der Waals surface area contributed by atoms with Gasteiger partial charge < -0.3 is 5.32 Å². The van der Waals surface area contributed by atoms with E-state index in [4.69, 9.17) is 0 Å². The van der Waals surface area contributed by atoms with Crippen molar-refractivity contribution in [1.82, 2.24) is 5.32 Å². The van der Waals surface area contributed by atoms with Crippen molar-refractivity contribution in [3.8, 4) is 0 Å². The lowest BCUT2D eigenvalue weighted by atomic mass is 9.83. The van der Waals surface area contributed by atoms with E-state index in [1.54, 1.807) is 6.92 Å². The quantitative estimate of drug-likeness (QED) is 0.634. The monoisotopic (exact) mass is 167 g/mol. The second kappa shape index (κ2) is 2.75. The molecule has 2 nitrogen and oxygen atoms in total. The van der Waals surface area contributed by atoms with Crippen LogP contribution in [-0.4, -0.2) is 11.9 Å². The zero-order chi connectivity index (χ0) is 8.60. The molecule has 2 saturated carbocycles. The predicted molar refractivity (Wildman–Crippen MR) is 47.7 cm³/mol. The number of rotatable bonds is 1.